The van der Waals surface area contributed by atoms with Gasteiger partial charge >= 0.3 is 0 Å². The Morgan fingerprint density at radius 3 is 2.29 bits per heavy atom. The lowest BCUT2D eigenvalue weighted by molar-refractivity contribution is 0.268. The molecule has 0 aliphatic rings. The van der Waals surface area contributed by atoms with Crippen LogP contribution in [0.15, 0.2) is 18.2 Å². The second-order valence-corrected chi connectivity index (χ2v) is 5.18. The topological polar surface area (TPSA) is 30.5 Å². The molecule has 1 rings (SSSR count). The van der Waals surface area contributed by atoms with Crippen LogP contribution in [0.5, 0.6) is 11.5 Å². The number of ether oxygens (including phenoxy) is 2. The van der Waals surface area contributed by atoms with Crippen LogP contribution in [0.4, 0.5) is 0 Å². The van der Waals surface area contributed by atoms with Crippen LogP contribution in [0, 0.1) is 12.3 Å². The molecule has 1 N–H and O–H groups in total. The lowest BCUT2D eigenvalue weighted by atomic mass is 10.1. The molecule has 3 heteroatoms. The first-order chi connectivity index (χ1) is 10.1. The molecule has 0 bridgehead atoms. The molecule has 0 aliphatic carbocycles. The zero-order chi connectivity index (χ0) is 15.7. The van der Waals surface area contributed by atoms with Gasteiger partial charge in [0.1, 0.15) is 0 Å². The molecule has 0 saturated carbocycles. The van der Waals surface area contributed by atoms with Crippen molar-refractivity contribution >= 4 is 0 Å². The van der Waals surface area contributed by atoms with Gasteiger partial charge in [-0.25, -0.2) is 0 Å². The van der Waals surface area contributed by atoms with Crippen LogP contribution in [-0.4, -0.2) is 19.3 Å². The smallest absolute Gasteiger partial charge is 0.161 e. The summed E-state index contributed by atoms with van der Waals surface area (Å²) in [5.74, 6) is 4.31. The Kier molecular flexibility index (Phi) is 7.71. The zero-order valence-corrected chi connectivity index (χ0v) is 13.6. The Labute approximate surface area is 129 Å². The molecular formula is C18H27NO2. The summed E-state index contributed by atoms with van der Waals surface area (Å²) in [6.07, 6.45) is 7.37. The standard InChI is InChI=1S/C18H27NO2/c1-6-11-20-17-10-9-16(13-18(17)21-12-7-2)15(5)19-14(4)8-3/h3,9-10,13-15,19H,6-7,11-12H2,1-2,4-5H3. The summed E-state index contributed by atoms with van der Waals surface area (Å²) in [6.45, 7) is 9.64. The van der Waals surface area contributed by atoms with Gasteiger partial charge in [-0.15, -0.1) is 6.42 Å². The minimum absolute atomic E-state index is 0.0380. The Morgan fingerprint density at radius 2 is 1.71 bits per heavy atom. The van der Waals surface area contributed by atoms with Gasteiger partial charge in [-0.1, -0.05) is 25.8 Å². The summed E-state index contributed by atoms with van der Waals surface area (Å²) in [5.41, 5.74) is 1.15. The first-order valence-electron chi connectivity index (χ1n) is 7.74. The normalized spacial score (nSPS) is 13.3. The van der Waals surface area contributed by atoms with E-state index in [9.17, 15) is 0 Å². The first-order valence-corrected chi connectivity index (χ1v) is 7.74. The number of hydrogen-bond acceptors (Lipinski definition) is 3. The van der Waals surface area contributed by atoms with Crippen molar-refractivity contribution in [2.45, 2.75) is 52.6 Å². The van der Waals surface area contributed by atoms with E-state index in [4.69, 9.17) is 15.9 Å². The van der Waals surface area contributed by atoms with Crippen LogP contribution >= 0.6 is 0 Å². The van der Waals surface area contributed by atoms with E-state index in [1.54, 1.807) is 0 Å². The lowest BCUT2D eigenvalue weighted by Crippen LogP contribution is -2.27. The third-order valence-electron chi connectivity index (χ3n) is 3.14. The van der Waals surface area contributed by atoms with Crippen molar-refractivity contribution in [2.24, 2.45) is 0 Å². The van der Waals surface area contributed by atoms with Crippen molar-refractivity contribution in [2.75, 3.05) is 13.2 Å². The Hall–Kier alpha value is -1.66. The summed E-state index contributed by atoms with van der Waals surface area (Å²) in [4.78, 5) is 0. The number of benzene rings is 1. The van der Waals surface area contributed by atoms with Gasteiger partial charge in [-0.05, 0) is 44.4 Å². The molecule has 1 aromatic rings. The van der Waals surface area contributed by atoms with Gasteiger partial charge < -0.3 is 9.47 Å². The SMILES string of the molecule is C#CC(C)NC(C)c1ccc(OCCC)c(OCCC)c1. The number of terminal acetylenes is 1. The van der Waals surface area contributed by atoms with Crippen molar-refractivity contribution in [3.8, 4) is 23.8 Å². The Morgan fingerprint density at radius 1 is 1.10 bits per heavy atom. The second kappa shape index (κ2) is 9.31. The molecule has 2 atom stereocenters. The quantitative estimate of drug-likeness (QED) is 0.699. The van der Waals surface area contributed by atoms with E-state index in [-0.39, 0.29) is 12.1 Å². The van der Waals surface area contributed by atoms with Gasteiger partial charge in [0, 0.05) is 6.04 Å². The predicted molar refractivity (Wildman–Crippen MR) is 87.9 cm³/mol. The average molecular weight is 289 g/mol. The van der Waals surface area contributed by atoms with Gasteiger partial charge in [0.25, 0.3) is 0 Å². The molecule has 0 aromatic heterocycles. The van der Waals surface area contributed by atoms with Crippen LogP contribution in [-0.2, 0) is 0 Å². The minimum atomic E-state index is 0.0380. The monoisotopic (exact) mass is 289 g/mol. The molecule has 0 spiro atoms. The summed E-state index contributed by atoms with van der Waals surface area (Å²) in [5, 5.41) is 3.36. The van der Waals surface area contributed by atoms with Gasteiger partial charge in [0.2, 0.25) is 0 Å². The predicted octanol–water partition coefficient (Wildman–Crippen LogP) is 3.94. The molecule has 1 aromatic carbocycles. The summed E-state index contributed by atoms with van der Waals surface area (Å²) in [6, 6.07) is 6.29. The second-order valence-electron chi connectivity index (χ2n) is 5.18. The van der Waals surface area contributed by atoms with Crippen molar-refractivity contribution in [1.82, 2.24) is 5.32 Å². The third-order valence-corrected chi connectivity index (χ3v) is 3.14. The van der Waals surface area contributed by atoms with Crippen LogP contribution in [0.25, 0.3) is 0 Å². The Bertz CT molecular complexity index is 465. The van der Waals surface area contributed by atoms with Crippen molar-refractivity contribution in [1.29, 1.82) is 0 Å². The van der Waals surface area contributed by atoms with E-state index in [1.165, 1.54) is 0 Å². The maximum Gasteiger partial charge on any atom is 0.161 e. The maximum absolute atomic E-state index is 5.81. The summed E-state index contributed by atoms with van der Waals surface area (Å²) < 4.78 is 11.6. The highest BCUT2D eigenvalue weighted by Gasteiger charge is 2.12. The van der Waals surface area contributed by atoms with Gasteiger partial charge in [0.15, 0.2) is 11.5 Å². The highest BCUT2D eigenvalue weighted by atomic mass is 16.5. The average Bonchev–Trinajstić information content (AvgIpc) is 2.50. The summed E-state index contributed by atoms with van der Waals surface area (Å²) in [7, 11) is 0. The third kappa shape index (κ3) is 5.69. The molecule has 0 radical (unpaired) electrons. The Balaban J connectivity index is 2.89. The van der Waals surface area contributed by atoms with Crippen molar-refractivity contribution in [3.63, 3.8) is 0 Å². The molecule has 0 saturated heterocycles. The number of rotatable bonds is 9. The number of nitrogens with one attached hydrogen (secondary N) is 1. The van der Waals surface area contributed by atoms with Crippen LogP contribution in [0.1, 0.15) is 52.1 Å². The van der Waals surface area contributed by atoms with Gasteiger partial charge in [-0.2, -0.15) is 0 Å². The van der Waals surface area contributed by atoms with Gasteiger partial charge in [-0.3, -0.25) is 5.32 Å². The summed E-state index contributed by atoms with van der Waals surface area (Å²) >= 11 is 0. The lowest BCUT2D eigenvalue weighted by Gasteiger charge is -2.19. The maximum atomic E-state index is 5.81. The molecule has 2 unspecified atom stereocenters. The van der Waals surface area contributed by atoms with Crippen molar-refractivity contribution < 1.29 is 9.47 Å². The fourth-order valence-corrected chi connectivity index (χ4v) is 1.97. The largest absolute Gasteiger partial charge is 0.490 e. The van der Waals surface area contributed by atoms with Crippen LogP contribution < -0.4 is 14.8 Å². The first kappa shape index (κ1) is 17.4. The van der Waals surface area contributed by atoms with Crippen LogP contribution in [0.3, 0.4) is 0 Å². The molecule has 116 valence electrons. The van der Waals surface area contributed by atoms with Gasteiger partial charge in [0.05, 0.1) is 19.3 Å². The molecule has 0 heterocycles. The molecule has 21 heavy (non-hydrogen) atoms. The van der Waals surface area contributed by atoms with E-state index in [2.05, 4.69) is 38.1 Å². The molecule has 0 aliphatic heterocycles. The minimum Gasteiger partial charge on any atom is -0.490 e. The van der Waals surface area contributed by atoms with E-state index >= 15 is 0 Å². The number of hydrogen-bond donors (Lipinski definition) is 1. The van der Waals surface area contributed by atoms with E-state index in [0.29, 0.717) is 13.2 Å². The molecular weight excluding hydrogens is 262 g/mol. The van der Waals surface area contributed by atoms with Crippen LogP contribution in [0.2, 0.25) is 0 Å². The van der Waals surface area contributed by atoms with E-state index < -0.39 is 0 Å². The zero-order valence-electron chi connectivity index (χ0n) is 13.6. The fraction of sp³-hybridized carbons (Fsp3) is 0.556. The fourth-order valence-electron chi connectivity index (χ4n) is 1.97. The van der Waals surface area contributed by atoms with Crippen molar-refractivity contribution in [3.05, 3.63) is 23.8 Å². The molecule has 0 amide bonds. The highest BCUT2D eigenvalue weighted by Crippen LogP contribution is 2.31. The molecule has 0 fully saturated rings. The van der Waals surface area contributed by atoms with E-state index in [0.717, 1.165) is 29.9 Å². The molecule has 3 nitrogen and oxygen atoms in total. The highest BCUT2D eigenvalue weighted by molar-refractivity contribution is 5.44. The van der Waals surface area contributed by atoms with E-state index in [1.807, 2.05) is 19.1 Å².